The molecule has 19 heavy (non-hydrogen) atoms. The molecule has 0 aromatic heterocycles. The maximum Gasteiger partial charge on any atom is 0.225 e. The molecule has 4 atom stereocenters. The number of hydrogen-bond acceptors (Lipinski definition) is 3. The van der Waals surface area contributed by atoms with E-state index in [2.05, 4.69) is 6.92 Å². The van der Waals surface area contributed by atoms with Crippen LogP contribution in [0.25, 0.3) is 0 Å². The number of amides is 1. The minimum absolute atomic E-state index is 0.123. The molecule has 4 nitrogen and oxygen atoms in total. The summed E-state index contributed by atoms with van der Waals surface area (Å²) in [6, 6.07) is 0.205. The molecule has 1 saturated heterocycles. The van der Waals surface area contributed by atoms with E-state index in [9.17, 15) is 4.79 Å². The molecule has 2 N–H and O–H groups in total. The SMILES string of the molecule is CC1CCC(N)CC1C(=O)N(C)CC1CCCOC1. The van der Waals surface area contributed by atoms with Crippen LogP contribution in [0.2, 0.25) is 0 Å². The van der Waals surface area contributed by atoms with Crippen molar-refractivity contribution in [1.82, 2.24) is 4.90 Å². The van der Waals surface area contributed by atoms with E-state index in [4.69, 9.17) is 10.5 Å². The van der Waals surface area contributed by atoms with Crippen molar-refractivity contribution in [3.8, 4) is 0 Å². The highest BCUT2D eigenvalue weighted by Crippen LogP contribution is 2.30. The van der Waals surface area contributed by atoms with E-state index in [0.717, 1.165) is 45.4 Å². The van der Waals surface area contributed by atoms with Crippen LogP contribution in [0, 0.1) is 17.8 Å². The van der Waals surface area contributed by atoms with Gasteiger partial charge < -0.3 is 15.4 Å². The molecule has 1 saturated carbocycles. The Kier molecular flexibility index (Phi) is 5.22. The Labute approximate surface area is 116 Å². The van der Waals surface area contributed by atoms with Gasteiger partial charge in [0.25, 0.3) is 0 Å². The molecule has 1 aliphatic heterocycles. The van der Waals surface area contributed by atoms with Crippen LogP contribution >= 0.6 is 0 Å². The molecule has 1 aliphatic carbocycles. The fraction of sp³-hybridized carbons (Fsp3) is 0.933. The Morgan fingerprint density at radius 3 is 2.84 bits per heavy atom. The van der Waals surface area contributed by atoms with Gasteiger partial charge in [-0.3, -0.25) is 4.79 Å². The third-order valence-corrected chi connectivity index (χ3v) is 4.72. The number of rotatable bonds is 3. The molecule has 0 spiro atoms. The zero-order valence-electron chi connectivity index (χ0n) is 12.3. The lowest BCUT2D eigenvalue weighted by Crippen LogP contribution is -2.44. The fourth-order valence-corrected chi connectivity index (χ4v) is 3.41. The minimum atomic E-state index is 0.123. The number of hydrogen-bond donors (Lipinski definition) is 1. The van der Waals surface area contributed by atoms with Crippen LogP contribution in [0.5, 0.6) is 0 Å². The predicted octanol–water partition coefficient (Wildman–Crippen LogP) is 1.63. The minimum Gasteiger partial charge on any atom is -0.381 e. The first-order chi connectivity index (χ1) is 9.08. The van der Waals surface area contributed by atoms with Crippen molar-refractivity contribution in [3.63, 3.8) is 0 Å². The predicted molar refractivity (Wildman–Crippen MR) is 75.7 cm³/mol. The molecule has 4 unspecified atom stereocenters. The van der Waals surface area contributed by atoms with Gasteiger partial charge in [-0.25, -0.2) is 0 Å². The Hall–Kier alpha value is -0.610. The van der Waals surface area contributed by atoms with E-state index in [-0.39, 0.29) is 17.9 Å². The summed E-state index contributed by atoms with van der Waals surface area (Å²) in [5.41, 5.74) is 6.02. The van der Waals surface area contributed by atoms with Crippen LogP contribution in [0.3, 0.4) is 0 Å². The average molecular weight is 268 g/mol. The summed E-state index contributed by atoms with van der Waals surface area (Å²) in [7, 11) is 1.93. The highest BCUT2D eigenvalue weighted by Gasteiger charge is 2.33. The summed E-state index contributed by atoms with van der Waals surface area (Å²) in [5, 5.41) is 0. The summed E-state index contributed by atoms with van der Waals surface area (Å²) in [6.07, 6.45) is 5.29. The first kappa shape index (κ1) is 14.8. The van der Waals surface area contributed by atoms with Gasteiger partial charge in [0.05, 0.1) is 6.61 Å². The molecule has 1 heterocycles. The molecule has 0 aromatic rings. The molecule has 2 rings (SSSR count). The zero-order chi connectivity index (χ0) is 13.8. The molecule has 2 fully saturated rings. The normalized spacial score (nSPS) is 35.9. The van der Waals surface area contributed by atoms with Crippen molar-refractivity contribution in [3.05, 3.63) is 0 Å². The van der Waals surface area contributed by atoms with Crippen LogP contribution in [0.15, 0.2) is 0 Å². The van der Waals surface area contributed by atoms with Gasteiger partial charge in [-0.15, -0.1) is 0 Å². The molecule has 110 valence electrons. The number of ether oxygens (including phenoxy) is 1. The topological polar surface area (TPSA) is 55.6 Å². The van der Waals surface area contributed by atoms with Gasteiger partial charge in [0.1, 0.15) is 0 Å². The van der Waals surface area contributed by atoms with Crippen molar-refractivity contribution in [2.45, 2.75) is 45.1 Å². The summed E-state index contributed by atoms with van der Waals surface area (Å²) < 4.78 is 5.49. The Balaban J connectivity index is 1.86. The number of nitrogens with two attached hydrogens (primary N) is 1. The lowest BCUT2D eigenvalue weighted by molar-refractivity contribution is -0.138. The van der Waals surface area contributed by atoms with Crippen LogP contribution in [-0.4, -0.2) is 43.7 Å². The van der Waals surface area contributed by atoms with Crippen LogP contribution in [0.4, 0.5) is 0 Å². The van der Waals surface area contributed by atoms with Gasteiger partial charge in [-0.2, -0.15) is 0 Å². The van der Waals surface area contributed by atoms with E-state index >= 15 is 0 Å². The molecular weight excluding hydrogens is 240 g/mol. The smallest absolute Gasteiger partial charge is 0.225 e. The van der Waals surface area contributed by atoms with Crippen molar-refractivity contribution in [2.24, 2.45) is 23.5 Å². The quantitative estimate of drug-likeness (QED) is 0.846. The van der Waals surface area contributed by atoms with Gasteiger partial charge in [-0.05, 0) is 43.9 Å². The third-order valence-electron chi connectivity index (χ3n) is 4.72. The maximum atomic E-state index is 12.6. The summed E-state index contributed by atoms with van der Waals surface area (Å²) in [6.45, 7) is 4.70. The van der Waals surface area contributed by atoms with E-state index in [1.165, 1.54) is 6.42 Å². The van der Waals surface area contributed by atoms with Gasteiger partial charge >= 0.3 is 0 Å². The molecule has 1 amide bonds. The van der Waals surface area contributed by atoms with Crippen LogP contribution in [0.1, 0.15) is 39.0 Å². The van der Waals surface area contributed by atoms with Crippen molar-refractivity contribution >= 4 is 5.91 Å². The first-order valence-corrected chi connectivity index (χ1v) is 7.66. The fourth-order valence-electron chi connectivity index (χ4n) is 3.41. The molecule has 0 bridgehead atoms. The van der Waals surface area contributed by atoms with Gasteiger partial charge in [-0.1, -0.05) is 6.92 Å². The van der Waals surface area contributed by atoms with Gasteiger partial charge in [0, 0.05) is 32.2 Å². The first-order valence-electron chi connectivity index (χ1n) is 7.66. The van der Waals surface area contributed by atoms with Crippen molar-refractivity contribution < 1.29 is 9.53 Å². The summed E-state index contributed by atoms with van der Waals surface area (Å²) in [5.74, 6) is 1.39. The van der Waals surface area contributed by atoms with E-state index < -0.39 is 0 Å². The molecule has 2 aliphatic rings. The van der Waals surface area contributed by atoms with Crippen molar-refractivity contribution in [1.29, 1.82) is 0 Å². The largest absolute Gasteiger partial charge is 0.381 e. The lowest BCUT2D eigenvalue weighted by atomic mass is 9.77. The maximum absolute atomic E-state index is 12.6. The second-order valence-electron chi connectivity index (χ2n) is 6.46. The zero-order valence-corrected chi connectivity index (χ0v) is 12.3. The van der Waals surface area contributed by atoms with E-state index in [1.807, 2.05) is 11.9 Å². The molecular formula is C15H28N2O2. The van der Waals surface area contributed by atoms with E-state index in [0.29, 0.717) is 11.8 Å². The Morgan fingerprint density at radius 1 is 1.37 bits per heavy atom. The summed E-state index contributed by atoms with van der Waals surface area (Å²) >= 11 is 0. The van der Waals surface area contributed by atoms with Crippen molar-refractivity contribution in [2.75, 3.05) is 26.8 Å². The third kappa shape index (κ3) is 3.93. The molecule has 0 aromatic carbocycles. The Bertz CT molecular complexity index is 303. The molecule has 4 heteroatoms. The monoisotopic (exact) mass is 268 g/mol. The second kappa shape index (κ2) is 6.71. The number of nitrogens with zero attached hydrogens (tertiary/aromatic N) is 1. The number of carbonyl (C=O) groups is 1. The lowest BCUT2D eigenvalue weighted by Gasteiger charge is -2.35. The number of carbonyl (C=O) groups excluding carboxylic acids is 1. The Morgan fingerprint density at radius 2 is 2.16 bits per heavy atom. The van der Waals surface area contributed by atoms with E-state index in [1.54, 1.807) is 0 Å². The highest BCUT2D eigenvalue weighted by molar-refractivity contribution is 5.79. The van der Waals surface area contributed by atoms with Crippen LogP contribution in [-0.2, 0) is 9.53 Å². The summed E-state index contributed by atoms with van der Waals surface area (Å²) in [4.78, 5) is 14.5. The van der Waals surface area contributed by atoms with Crippen LogP contribution < -0.4 is 5.73 Å². The highest BCUT2D eigenvalue weighted by atomic mass is 16.5. The standard InChI is InChI=1S/C15H28N2O2/c1-11-5-6-13(16)8-14(11)15(18)17(2)9-12-4-3-7-19-10-12/h11-14H,3-10,16H2,1-2H3. The molecule has 0 radical (unpaired) electrons. The average Bonchev–Trinajstić information content (AvgIpc) is 2.42. The van der Waals surface area contributed by atoms with Gasteiger partial charge in [0.15, 0.2) is 0 Å². The van der Waals surface area contributed by atoms with Gasteiger partial charge in [0.2, 0.25) is 5.91 Å². The second-order valence-corrected chi connectivity index (χ2v) is 6.46.